The normalized spacial score (nSPS) is 13.1. The number of carbonyl (C=O) groups excluding carboxylic acids is 1. The van der Waals surface area contributed by atoms with Crippen LogP contribution in [0.2, 0.25) is 0 Å². The molecule has 0 fully saturated rings. The van der Waals surface area contributed by atoms with Crippen LogP contribution in [-0.4, -0.2) is 53.2 Å². The van der Waals surface area contributed by atoms with Gasteiger partial charge in [-0.05, 0) is 42.5 Å². The Morgan fingerprint density at radius 2 is 1.25 bits per heavy atom. The summed E-state index contributed by atoms with van der Waals surface area (Å²) < 4.78 is 107. The van der Waals surface area contributed by atoms with Gasteiger partial charge in [0.15, 0.2) is 11.7 Å². The van der Waals surface area contributed by atoms with E-state index in [1.807, 2.05) is 31.1 Å². The summed E-state index contributed by atoms with van der Waals surface area (Å²) in [7, 11) is -0.212. The molecule has 0 atom stereocenters. The second-order valence-corrected chi connectivity index (χ2v) is 12.3. The number of carbonyl (C=O) groups is 1. The van der Waals surface area contributed by atoms with Crippen molar-refractivity contribution in [2.75, 3.05) is 32.1 Å². The predicted octanol–water partition coefficient (Wildman–Crippen LogP) is 4.68. The van der Waals surface area contributed by atoms with Gasteiger partial charge in [-0.15, -0.1) is 10.2 Å². The van der Waals surface area contributed by atoms with Crippen molar-refractivity contribution < 1.29 is 39.6 Å². The lowest BCUT2D eigenvalue weighted by atomic mass is 10.0. The van der Waals surface area contributed by atoms with Gasteiger partial charge in [-0.2, -0.15) is 26.3 Å². The van der Waals surface area contributed by atoms with E-state index in [1.54, 1.807) is 18.2 Å². The van der Waals surface area contributed by atoms with Crippen molar-refractivity contribution in [2.24, 2.45) is 21.7 Å². The average Bonchev–Trinajstić information content (AvgIpc) is 3.03. The molecule has 48 heavy (non-hydrogen) atoms. The van der Waals surface area contributed by atoms with E-state index >= 15 is 0 Å². The van der Waals surface area contributed by atoms with Crippen LogP contribution in [-0.2, 0) is 22.4 Å². The molecule has 4 aromatic carbocycles. The fourth-order valence-electron chi connectivity index (χ4n) is 4.55. The topological polar surface area (TPSA) is 155 Å². The highest BCUT2D eigenvalue weighted by atomic mass is 32.2. The second-order valence-electron chi connectivity index (χ2n) is 10.5. The van der Waals surface area contributed by atoms with E-state index in [4.69, 9.17) is 11.5 Å². The summed E-state index contributed by atoms with van der Waals surface area (Å²) >= 11 is 0. The van der Waals surface area contributed by atoms with Crippen LogP contribution in [0.3, 0.4) is 0 Å². The van der Waals surface area contributed by atoms with Crippen LogP contribution >= 0.6 is 0 Å². The molecule has 10 nitrogen and oxygen atoms in total. The molecule has 254 valence electrons. The number of halogens is 6. The third-order valence-corrected chi connectivity index (χ3v) is 8.44. The van der Waals surface area contributed by atoms with Crippen LogP contribution in [0.15, 0.2) is 94.0 Å². The largest absolute Gasteiger partial charge is 0.416 e. The lowest BCUT2D eigenvalue weighted by molar-refractivity contribution is -0.143. The van der Waals surface area contributed by atoms with Crippen molar-refractivity contribution in [3.05, 3.63) is 107 Å². The quantitative estimate of drug-likeness (QED) is 0.0622. The van der Waals surface area contributed by atoms with Crippen molar-refractivity contribution in [3.63, 3.8) is 0 Å². The summed E-state index contributed by atoms with van der Waals surface area (Å²) in [4.78, 5) is 14.6. The first-order chi connectivity index (χ1) is 22.4. The minimum Gasteiger partial charge on any atom is -0.382 e. The first-order valence-corrected chi connectivity index (χ1v) is 15.4. The number of alkyl halides is 6. The number of amides is 1. The minimum atomic E-state index is -5.07. The number of fused-ring (bicyclic) bond motifs is 1. The monoisotopic (exact) mass is 693 g/mol. The number of rotatable bonds is 10. The van der Waals surface area contributed by atoms with Gasteiger partial charge in [0.1, 0.15) is 0 Å². The number of nitrogens with one attached hydrogen (secondary N) is 2. The maximum Gasteiger partial charge on any atom is 0.416 e. The van der Waals surface area contributed by atoms with Gasteiger partial charge in [-0.1, -0.05) is 36.4 Å². The molecule has 0 aliphatic carbocycles. The third kappa shape index (κ3) is 8.40. The van der Waals surface area contributed by atoms with Crippen LogP contribution in [0, 0.1) is 0 Å². The summed E-state index contributed by atoms with van der Waals surface area (Å²) in [6.07, 6.45) is -10.1. The van der Waals surface area contributed by atoms with E-state index in [0.717, 1.165) is 11.1 Å². The molecule has 0 bridgehead atoms. The molecule has 0 spiro atoms. The molecule has 1 amide bonds. The van der Waals surface area contributed by atoms with Gasteiger partial charge in [-0.3, -0.25) is 4.79 Å². The van der Waals surface area contributed by atoms with Gasteiger partial charge in [0, 0.05) is 60.3 Å². The average molecular weight is 694 g/mol. The van der Waals surface area contributed by atoms with Crippen LogP contribution in [0.1, 0.15) is 32.6 Å². The molecule has 0 saturated carbocycles. The third-order valence-electron chi connectivity index (χ3n) is 6.92. The molecule has 0 radical (unpaired) electrons. The first-order valence-electron chi connectivity index (χ1n) is 13.9. The number of nitrogens with zero attached hydrogens (tertiary/aromatic N) is 3. The second kappa shape index (κ2) is 13.9. The first kappa shape index (κ1) is 35.7. The van der Waals surface area contributed by atoms with Crippen molar-refractivity contribution in [3.8, 4) is 0 Å². The molecule has 0 heterocycles. The highest BCUT2D eigenvalue weighted by Gasteiger charge is 2.37. The molecule has 0 unspecified atom stereocenters. The lowest BCUT2D eigenvalue weighted by Crippen LogP contribution is -2.34. The van der Waals surface area contributed by atoms with Gasteiger partial charge in [0.2, 0.25) is 10.0 Å². The van der Waals surface area contributed by atoms with Crippen LogP contribution < -0.4 is 26.4 Å². The van der Waals surface area contributed by atoms with Crippen LogP contribution in [0.25, 0.3) is 10.8 Å². The van der Waals surface area contributed by atoms with Crippen molar-refractivity contribution in [1.82, 2.24) is 10.0 Å². The van der Waals surface area contributed by atoms with Gasteiger partial charge in [0.05, 0.1) is 16.0 Å². The Morgan fingerprint density at radius 3 is 1.81 bits per heavy atom. The molecular weight excluding hydrogens is 664 g/mol. The smallest absolute Gasteiger partial charge is 0.382 e. The van der Waals surface area contributed by atoms with E-state index in [1.165, 1.54) is 30.3 Å². The molecule has 6 N–H and O–H groups in total. The van der Waals surface area contributed by atoms with E-state index in [9.17, 15) is 39.6 Å². The molecule has 0 aromatic heterocycles. The fourth-order valence-corrected chi connectivity index (χ4v) is 5.80. The maximum absolute atomic E-state index is 13.1. The Morgan fingerprint density at radius 1 is 0.729 bits per heavy atom. The zero-order chi connectivity index (χ0) is 35.4. The van der Waals surface area contributed by atoms with Crippen LogP contribution in [0.4, 0.5) is 32.0 Å². The minimum absolute atomic E-state index is 0.0441. The molecule has 17 heteroatoms. The number of sulfonamides is 1. The Kier molecular flexibility index (Phi) is 10.3. The highest BCUT2D eigenvalue weighted by molar-refractivity contribution is 7.89. The van der Waals surface area contributed by atoms with Gasteiger partial charge < -0.3 is 21.7 Å². The summed E-state index contributed by atoms with van der Waals surface area (Å²) in [6.45, 7) is -0.151. The summed E-state index contributed by atoms with van der Waals surface area (Å²) in [5.41, 5.74) is 8.90. The standard InChI is InChI=1S/C31H29F6N7O3S/c1-44(2)25-7-3-6-24-23(25)5-4-8-26(24)48(46,47)41-14-13-40-29(45)19-11-9-18(10-12-19)27(38)42-43-28(39)20-15-21(30(32,33)34)17-22(16-20)31(35,36)37/h3-12,15-17,41H,13-14H2,1-2H3,(H2,38,42)(H2,39,43)(H,40,45). The van der Waals surface area contributed by atoms with Crippen molar-refractivity contribution >= 4 is 44.1 Å². The fraction of sp³-hybridized carbons (Fsp3) is 0.194. The number of hydrogen-bond donors (Lipinski definition) is 4. The molecule has 4 aromatic rings. The Hall–Kier alpha value is -5.16. The van der Waals surface area contributed by atoms with Crippen LogP contribution in [0.5, 0.6) is 0 Å². The lowest BCUT2D eigenvalue weighted by Gasteiger charge is -2.17. The zero-order valence-electron chi connectivity index (χ0n) is 25.3. The van der Waals surface area contributed by atoms with Gasteiger partial charge in [0.25, 0.3) is 5.91 Å². The molecule has 4 rings (SSSR count). The van der Waals surface area contributed by atoms with Crippen molar-refractivity contribution in [1.29, 1.82) is 0 Å². The summed E-state index contributed by atoms with van der Waals surface area (Å²) in [5.74, 6) is -1.59. The Balaban J connectivity index is 1.39. The SMILES string of the molecule is CN(C)c1cccc2c(S(=O)(=O)NCCNC(=O)c3ccc(/C(N)=N/N=C(\N)c4cc(C(F)(F)F)cc(C(F)(F)F)c4)cc3)cccc12. The van der Waals surface area contributed by atoms with Crippen molar-refractivity contribution in [2.45, 2.75) is 17.2 Å². The maximum atomic E-state index is 13.1. The van der Waals surface area contributed by atoms with E-state index < -0.39 is 50.8 Å². The molecule has 0 saturated heterocycles. The number of anilines is 1. The Bertz CT molecular complexity index is 1960. The van der Waals surface area contributed by atoms with Gasteiger partial charge >= 0.3 is 12.4 Å². The van der Waals surface area contributed by atoms with Gasteiger partial charge in [-0.25, -0.2) is 13.1 Å². The number of amidine groups is 2. The van der Waals surface area contributed by atoms with E-state index in [-0.39, 0.29) is 41.0 Å². The molecule has 0 aliphatic heterocycles. The zero-order valence-corrected chi connectivity index (χ0v) is 26.1. The molecule has 0 aliphatic rings. The van der Waals surface area contributed by atoms with E-state index in [2.05, 4.69) is 20.2 Å². The highest BCUT2D eigenvalue weighted by Crippen LogP contribution is 2.36. The number of nitrogens with two attached hydrogens (primary N) is 2. The Labute approximate surface area is 271 Å². The summed E-state index contributed by atoms with van der Waals surface area (Å²) in [5, 5.41) is 11.0. The number of hydrogen-bond acceptors (Lipinski definition) is 6. The predicted molar refractivity (Wildman–Crippen MR) is 170 cm³/mol. The number of benzene rings is 4. The van der Waals surface area contributed by atoms with E-state index in [0.29, 0.717) is 17.5 Å². The molecular formula is C31H29F6N7O3S. The summed E-state index contributed by atoms with van der Waals surface area (Å²) in [6, 6.07) is 16.6.